The molecule has 126 valence electrons. The van der Waals surface area contributed by atoms with E-state index in [0.717, 1.165) is 38.2 Å². The van der Waals surface area contributed by atoms with E-state index in [2.05, 4.69) is 17.0 Å². The fourth-order valence-electron chi connectivity index (χ4n) is 3.49. The Morgan fingerprint density at radius 3 is 2.87 bits per heavy atom. The van der Waals surface area contributed by atoms with Crippen LogP contribution in [0.5, 0.6) is 5.75 Å². The van der Waals surface area contributed by atoms with Crippen molar-refractivity contribution in [2.45, 2.75) is 25.3 Å². The second kappa shape index (κ2) is 7.79. The van der Waals surface area contributed by atoms with Gasteiger partial charge >= 0.3 is 0 Å². The molecule has 0 aromatic heterocycles. The largest absolute Gasteiger partial charge is 0.497 e. The SMILES string of the molecule is COc1cccc([C@@H]2CCCCN2CC(=O)N2CCOCC2)c1. The minimum Gasteiger partial charge on any atom is -0.497 e. The average molecular weight is 318 g/mol. The summed E-state index contributed by atoms with van der Waals surface area (Å²) in [4.78, 5) is 16.8. The number of hydrogen-bond donors (Lipinski definition) is 0. The van der Waals surface area contributed by atoms with Gasteiger partial charge in [-0.3, -0.25) is 9.69 Å². The molecule has 0 aliphatic carbocycles. The van der Waals surface area contributed by atoms with E-state index < -0.39 is 0 Å². The van der Waals surface area contributed by atoms with Crippen molar-refractivity contribution in [1.82, 2.24) is 9.80 Å². The number of morpholine rings is 1. The molecule has 2 aliphatic rings. The number of rotatable bonds is 4. The lowest BCUT2D eigenvalue weighted by Crippen LogP contribution is -2.47. The van der Waals surface area contributed by atoms with Gasteiger partial charge in [-0.1, -0.05) is 18.6 Å². The van der Waals surface area contributed by atoms with Crippen molar-refractivity contribution in [2.75, 3.05) is 46.5 Å². The van der Waals surface area contributed by atoms with Crippen molar-refractivity contribution in [3.05, 3.63) is 29.8 Å². The van der Waals surface area contributed by atoms with Crippen LogP contribution in [0.25, 0.3) is 0 Å². The molecule has 2 aliphatic heterocycles. The number of hydrogen-bond acceptors (Lipinski definition) is 4. The quantitative estimate of drug-likeness (QED) is 0.852. The Balaban J connectivity index is 1.69. The molecule has 23 heavy (non-hydrogen) atoms. The fraction of sp³-hybridized carbons (Fsp3) is 0.611. The molecular formula is C18H26N2O3. The summed E-state index contributed by atoms with van der Waals surface area (Å²) in [5.41, 5.74) is 1.25. The molecule has 3 rings (SSSR count). The number of methoxy groups -OCH3 is 1. The van der Waals surface area contributed by atoms with Crippen LogP contribution >= 0.6 is 0 Å². The first-order valence-electron chi connectivity index (χ1n) is 8.51. The van der Waals surface area contributed by atoms with Crippen LogP contribution < -0.4 is 4.74 Å². The molecule has 1 amide bonds. The molecule has 2 fully saturated rings. The van der Waals surface area contributed by atoms with Gasteiger partial charge in [0, 0.05) is 19.1 Å². The third-order valence-electron chi connectivity index (χ3n) is 4.79. The van der Waals surface area contributed by atoms with Gasteiger partial charge in [-0.25, -0.2) is 0 Å². The summed E-state index contributed by atoms with van der Waals surface area (Å²) in [6.45, 7) is 4.24. The first kappa shape index (κ1) is 16.3. The number of carbonyl (C=O) groups is 1. The molecule has 0 unspecified atom stereocenters. The minimum absolute atomic E-state index is 0.225. The van der Waals surface area contributed by atoms with Crippen molar-refractivity contribution in [3.63, 3.8) is 0 Å². The van der Waals surface area contributed by atoms with E-state index in [9.17, 15) is 4.79 Å². The second-order valence-corrected chi connectivity index (χ2v) is 6.25. The van der Waals surface area contributed by atoms with E-state index in [1.54, 1.807) is 7.11 Å². The summed E-state index contributed by atoms with van der Waals surface area (Å²) in [6.07, 6.45) is 3.48. The summed E-state index contributed by atoms with van der Waals surface area (Å²) in [5, 5.41) is 0. The summed E-state index contributed by atoms with van der Waals surface area (Å²) in [7, 11) is 1.69. The number of ether oxygens (including phenoxy) is 2. The molecule has 0 saturated carbocycles. The van der Waals surface area contributed by atoms with Crippen molar-refractivity contribution >= 4 is 5.91 Å². The molecule has 0 bridgehead atoms. The predicted octanol–water partition coefficient (Wildman–Crippen LogP) is 2.08. The number of nitrogens with zero attached hydrogens (tertiary/aromatic N) is 2. The lowest BCUT2D eigenvalue weighted by atomic mass is 9.95. The maximum Gasteiger partial charge on any atom is 0.236 e. The highest BCUT2D eigenvalue weighted by atomic mass is 16.5. The minimum atomic E-state index is 0.225. The third kappa shape index (κ3) is 4.03. The Morgan fingerprint density at radius 2 is 2.09 bits per heavy atom. The smallest absolute Gasteiger partial charge is 0.236 e. The summed E-state index contributed by atoms with van der Waals surface area (Å²) >= 11 is 0. The van der Waals surface area contributed by atoms with E-state index in [4.69, 9.17) is 9.47 Å². The second-order valence-electron chi connectivity index (χ2n) is 6.25. The number of piperidine rings is 1. The van der Waals surface area contributed by atoms with Crippen molar-refractivity contribution in [2.24, 2.45) is 0 Å². The summed E-state index contributed by atoms with van der Waals surface area (Å²) in [5.74, 6) is 1.11. The maximum atomic E-state index is 12.6. The van der Waals surface area contributed by atoms with Gasteiger partial charge in [-0.05, 0) is 37.1 Å². The van der Waals surface area contributed by atoms with Gasteiger partial charge in [0.15, 0.2) is 0 Å². The number of likely N-dealkylation sites (tertiary alicyclic amines) is 1. The van der Waals surface area contributed by atoms with Crippen LogP contribution in [-0.4, -0.2) is 62.2 Å². The van der Waals surface area contributed by atoms with Gasteiger partial charge in [-0.2, -0.15) is 0 Å². The fourth-order valence-corrected chi connectivity index (χ4v) is 3.49. The van der Waals surface area contributed by atoms with Crippen LogP contribution in [0.15, 0.2) is 24.3 Å². The first-order chi connectivity index (χ1) is 11.3. The van der Waals surface area contributed by atoms with Gasteiger partial charge in [0.25, 0.3) is 0 Å². The molecule has 2 saturated heterocycles. The third-order valence-corrected chi connectivity index (χ3v) is 4.79. The van der Waals surface area contributed by atoms with Gasteiger partial charge in [-0.15, -0.1) is 0 Å². The lowest BCUT2D eigenvalue weighted by Gasteiger charge is -2.37. The van der Waals surface area contributed by atoms with Gasteiger partial charge < -0.3 is 14.4 Å². The van der Waals surface area contributed by atoms with E-state index >= 15 is 0 Å². The number of carbonyl (C=O) groups excluding carboxylic acids is 1. The Bertz CT molecular complexity index is 529. The van der Waals surface area contributed by atoms with Crippen molar-refractivity contribution < 1.29 is 14.3 Å². The average Bonchev–Trinajstić information content (AvgIpc) is 2.63. The highest BCUT2D eigenvalue weighted by Gasteiger charge is 2.28. The molecule has 0 radical (unpaired) electrons. The summed E-state index contributed by atoms with van der Waals surface area (Å²) in [6, 6.07) is 8.55. The molecule has 0 N–H and O–H groups in total. The Hall–Kier alpha value is -1.59. The van der Waals surface area contributed by atoms with Crippen molar-refractivity contribution in [1.29, 1.82) is 0 Å². The molecular weight excluding hydrogens is 292 g/mol. The van der Waals surface area contributed by atoms with Crippen LogP contribution in [0.1, 0.15) is 30.9 Å². The molecule has 1 aromatic carbocycles. The van der Waals surface area contributed by atoms with E-state index in [-0.39, 0.29) is 5.91 Å². The molecule has 1 atom stereocenters. The first-order valence-corrected chi connectivity index (χ1v) is 8.51. The Kier molecular flexibility index (Phi) is 5.51. The number of amides is 1. The van der Waals surface area contributed by atoms with E-state index in [1.165, 1.54) is 12.0 Å². The van der Waals surface area contributed by atoms with E-state index in [0.29, 0.717) is 25.8 Å². The Morgan fingerprint density at radius 1 is 1.26 bits per heavy atom. The van der Waals surface area contributed by atoms with Crippen molar-refractivity contribution in [3.8, 4) is 5.75 Å². The molecule has 0 spiro atoms. The van der Waals surface area contributed by atoms with Gasteiger partial charge in [0.1, 0.15) is 5.75 Å². The monoisotopic (exact) mass is 318 g/mol. The van der Waals surface area contributed by atoms with Crippen LogP contribution in [0, 0.1) is 0 Å². The molecule has 2 heterocycles. The van der Waals surface area contributed by atoms with Crippen LogP contribution in [-0.2, 0) is 9.53 Å². The van der Waals surface area contributed by atoms with Gasteiger partial charge in [0.2, 0.25) is 5.91 Å². The number of benzene rings is 1. The van der Waals surface area contributed by atoms with Crippen LogP contribution in [0.3, 0.4) is 0 Å². The topological polar surface area (TPSA) is 42.0 Å². The highest BCUT2D eigenvalue weighted by molar-refractivity contribution is 5.78. The lowest BCUT2D eigenvalue weighted by molar-refractivity contribution is -0.137. The zero-order valence-corrected chi connectivity index (χ0v) is 13.9. The molecule has 5 nitrogen and oxygen atoms in total. The predicted molar refractivity (Wildman–Crippen MR) is 88.6 cm³/mol. The van der Waals surface area contributed by atoms with Gasteiger partial charge in [0.05, 0.1) is 26.9 Å². The maximum absolute atomic E-state index is 12.6. The van der Waals surface area contributed by atoms with Crippen LogP contribution in [0.4, 0.5) is 0 Å². The zero-order chi connectivity index (χ0) is 16.1. The molecule has 1 aromatic rings. The van der Waals surface area contributed by atoms with Crippen LogP contribution in [0.2, 0.25) is 0 Å². The van der Waals surface area contributed by atoms with E-state index in [1.807, 2.05) is 17.0 Å². The standard InChI is InChI=1S/C18H26N2O3/c1-22-16-6-4-5-15(13-16)17-7-2-3-8-20(17)14-18(21)19-9-11-23-12-10-19/h4-6,13,17H,2-3,7-12,14H2,1H3/t17-/m0/s1. The molecule has 5 heteroatoms. The zero-order valence-electron chi connectivity index (χ0n) is 13.9. The Labute approximate surface area is 138 Å². The summed E-state index contributed by atoms with van der Waals surface area (Å²) < 4.78 is 10.7. The normalized spacial score (nSPS) is 22.8. The highest BCUT2D eigenvalue weighted by Crippen LogP contribution is 2.32.